The van der Waals surface area contributed by atoms with Crippen molar-refractivity contribution in [1.82, 2.24) is 10.2 Å². The summed E-state index contributed by atoms with van der Waals surface area (Å²) in [6.45, 7) is 8.06. The summed E-state index contributed by atoms with van der Waals surface area (Å²) in [4.78, 5) is 28.2. The summed E-state index contributed by atoms with van der Waals surface area (Å²) in [6.07, 6.45) is 1.95. The molecule has 10 heteroatoms. The van der Waals surface area contributed by atoms with E-state index >= 15 is 0 Å². The Morgan fingerprint density at radius 1 is 1.05 bits per heavy atom. The van der Waals surface area contributed by atoms with E-state index in [0.29, 0.717) is 23.6 Å². The second-order valence-electron chi connectivity index (χ2n) is 10.1. The average molecular weight is 532 g/mol. The molecule has 202 valence electrons. The van der Waals surface area contributed by atoms with Crippen LogP contribution in [0.1, 0.15) is 52.5 Å². The summed E-state index contributed by atoms with van der Waals surface area (Å²) in [5.74, 6) is 0.617. The first-order valence-corrected chi connectivity index (χ1v) is 14.3. The second kappa shape index (κ2) is 11.9. The Bertz CT molecular complexity index is 1190. The zero-order valence-electron chi connectivity index (χ0n) is 22.2. The van der Waals surface area contributed by atoms with Gasteiger partial charge in [-0.3, -0.25) is 13.9 Å². The Balaban J connectivity index is 1.76. The van der Waals surface area contributed by atoms with Crippen LogP contribution in [-0.2, 0) is 26.2 Å². The van der Waals surface area contributed by atoms with E-state index in [0.717, 1.165) is 11.8 Å². The molecular weight excluding hydrogens is 494 g/mol. The van der Waals surface area contributed by atoms with Gasteiger partial charge in [-0.15, -0.1) is 0 Å². The van der Waals surface area contributed by atoms with Gasteiger partial charge in [-0.25, -0.2) is 8.42 Å². The molecule has 3 rings (SSSR count). The Morgan fingerprint density at radius 2 is 1.73 bits per heavy atom. The Morgan fingerprint density at radius 3 is 2.35 bits per heavy atom. The number of hydrogen-bond acceptors (Lipinski definition) is 6. The van der Waals surface area contributed by atoms with Crippen molar-refractivity contribution in [3.05, 3.63) is 54.1 Å². The van der Waals surface area contributed by atoms with Gasteiger partial charge >= 0.3 is 0 Å². The summed E-state index contributed by atoms with van der Waals surface area (Å²) in [7, 11) is -3.61. The lowest BCUT2D eigenvalue weighted by Gasteiger charge is -2.33. The van der Waals surface area contributed by atoms with E-state index in [9.17, 15) is 18.0 Å². The van der Waals surface area contributed by atoms with Crippen molar-refractivity contribution in [1.29, 1.82) is 0 Å². The molecule has 2 aromatic carbocycles. The fourth-order valence-corrected chi connectivity index (χ4v) is 5.15. The minimum Gasteiger partial charge on any atom is -0.454 e. The van der Waals surface area contributed by atoms with Crippen molar-refractivity contribution in [2.45, 2.75) is 65.1 Å². The molecule has 0 unspecified atom stereocenters. The van der Waals surface area contributed by atoms with E-state index < -0.39 is 21.6 Å². The van der Waals surface area contributed by atoms with Crippen LogP contribution in [0, 0.1) is 0 Å². The predicted octanol–water partition coefficient (Wildman–Crippen LogP) is 3.68. The molecule has 0 fully saturated rings. The number of rotatable bonds is 11. The molecular formula is C27H37N3O6S. The molecule has 1 aliphatic rings. The van der Waals surface area contributed by atoms with Gasteiger partial charge in [-0.1, -0.05) is 37.3 Å². The van der Waals surface area contributed by atoms with Crippen molar-refractivity contribution in [3.8, 4) is 11.5 Å². The van der Waals surface area contributed by atoms with Crippen molar-refractivity contribution < 1.29 is 27.5 Å². The van der Waals surface area contributed by atoms with Crippen molar-refractivity contribution in [2.75, 3.05) is 23.9 Å². The van der Waals surface area contributed by atoms with Crippen LogP contribution in [-0.4, -0.2) is 56.3 Å². The number of carbonyl (C=O) groups excluding carboxylic acids is 2. The monoisotopic (exact) mass is 531 g/mol. The van der Waals surface area contributed by atoms with E-state index in [1.54, 1.807) is 23.1 Å². The van der Waals surface area contributed by atoms with Gasteiger partial charge in [0.25, 0.3) is 0 Å². The summed E-state index contributed by atoms with van der Waals surface area (Å²) in [5.41, 5.74) is 0.916. The molecule has 0 bridgehead atoms. The molecule has 1 heterocycles. The SMILES string of the molecule is CC[C@H](C(=O)NC(C)(C)C)N(Cc1ccccc1)C(=O)CCCN(c1ccc2c(c1)OCO2)S(C)(=O)=O. The van der Waals surface area contributed by atoms with E-state index in [4.69, 9.17) is 9.47 Å². The van der Waals surface area contributed by atoms with Crippen LogP contribution < -0.4 is 19.1 Å². The topological polar surface area (TPSA) is 105 Å². The Labute approximate surface area is 219 Å². The first-order chi connectivity index (χ1) is 17.4. The number of amides is 2. The van der Waals surface area contributed by atoms with Crippen LogP contribution in [0.4, 0.5) is 5.69 Å². The maximum Gasteiger partial charge on any atom is 0.243 e. The summed E-state index contributed by atoms with van der Waals surface area (Å²) >= 11 is 0. The molecule has 2 aromatic rings. The van der Waals surface area contributed by atoms with Crippen LogP contribution in [0.25, 0.3) is 0 Å². The van der Waals surface area contributed by atoms with Crippen LogP contribution in [0.3, 0.4) is 0 Å². The number of hydrogen-bond donors (Lipinski definition) is 1. The highest BCUT2D eigenvalue weighted by atomic mass is 32.2. The first-order valence-electron chi connectivity index (χ1n) is 12.4. The lowest BCUT2D eigenvalue weighted by atomic mass is 10.0. The minimum absolute atomic E-state index is 0.0860. The highest BCUT2D eigenvalue weighted by Crippen LogP contribution is 2.36. The number of benzene rings is 2. The van der Waals surface area contributed by atoms with Crippen LogP contribution in [0.15, 0.2) is 48.5 Å². The number of carbonyl (C=O) groups is 2. The summed E-state index contributed by atoms with van der Waals surface area (Å²) in [5, 5.41) is 2.99. The minimum atomic E-state index is -3.61. The standard InChI is InChI=1S/C27H37N3O6S/c1-6-22(26(32)28-27(2,3)4)29(18-20-11-8-7-9-12-20)25(31)13-10-16-30(37(5,33)34)21-14-15-23-24(17-21)36-19-35-23/h7-9,11-12,14-15,17,22H,6,10,13,16,18-19H2,1-5H3,(H,28,32)/t22-/m1/s1. The smallest absolute Gasteiger partial charge is 0.243 e. The maximum atomic E-state index is 13.5. The van der Waals surface area contributed by atoms with Gasteiger partial charge < -0.3 is 19.7 Å². The first kappa shape index (κ1) is 28.3. The van der Waals surface area contributed by atoms with Crippen molar-refractivity contribution >= 4 is 27.5 Å². The van der Waals surface area contributed by atoms with E-state index in [1.165, 1.54) is 4.31 Å². The third-order valence-electron chi connectivity index (χ3n) is 5.88. The highest BCUT2D eigenvalue weighted by Gasteiger charge is 2.31. The number of ether oxygens (including phenoxy) is 2. The molecule has 0 saturated heterocycles. The van der Waals surface area contributed by atoms with Gasteiger partial charge in [0.2, 0.25) is 28.6 Å². The Kier molecular flexibility index (Phi) is 9.07. The van der Waals surface area contributed by atoms with Crippen LogP contribution in [0.5, 0.6) is 11.5 Å². The average Bonchev–Trinajstić information content (AvgIpc) is 3.28. The van der Waals surface area contributed by atoms with E-state index in [2.05, 4.69) is 5.32 Å². The van der Waals surface area contributed by atoms with Crippen molar-refractivity contribution in [2.24, 2.45) is 0 Å². The van der Waals surface area contributed by atoms with Gasteiger partial charge in [0.1, 0.15) is 6.04 Å². The normalized spacial score (nSPS) is 13.6. The third-order valence-corrected chi connectivity index (χ3v) is 7.07. The summed E-state index contributed by atoms with van der Waals surface area (Å²) < 4.78 is 37.1. The molecule has 2 amide bonds. The molecule has 9 nitrogen and oxygen atoms in total. The zero-order chi connectivity index (χ0) is 27.2. The molecule has 0 aromatic heterocycles. The molecule has 0 spiro atoms. The molecule has 0 aliphatic carbocycles. The quantitative estimate of drug-likeness (QED) is 0.474. The van der Waals surface area contributed by atoms with Crippen LogP contribution >= 0.6 is 0 Å². The second-order valence-corrected chi connectivity index (χ2v) is 12.1. The predicted molar refractivity (Wildman–Crippen MR) is 143 cm³/mol. The van der Waals surface area contributed by atoms with Gasteiger partial charge in [0, 0.05) is 31.1 Å². The number of nitrogens with one attached hydrogen (secondary N) is 1. The zero-order valence-corrected chi connectivity index (χ0v) is 23.0. The number of anilines is 1. The third kappa shape index (κ3) is 7.85. The van der Waals surface area contributed by atoms with Crippen LogP contribution in [0.2, 0.25) is 0 Å². The van der Waals surface area contributed by atoms with Gasteiger partial charge in [0.05, 0.1) is 11.9 Å². The molecule has 0 saturated carbocycles. The number of fused-ring (bicyclic) bond motifs is 1. The fraction of sp³-hybridized carbons (Fsp3) is 0.481. The van der Waals surface area contributed by atoms with E-state index in [-0.39, 0.29) is 44.5 Å². The molecule has 1 atom stereocenters. The summed E-state index contributed by atoms with van der Waals surface area (Å²) in [6, 6.07) is 13.8. The molecule has 37 heavy (non-hydrogen) atoms. The van der Waals surface area contributed by atoms with Gasteiger partial charge in [-0.2, -0.15) is 0 Å². The number of nitrogens with zero attached hydrogens (tertiary/aromatic N) is 2. The molecule has 1 N–H and O–H groups in total. The fourth-order valence-electron chi connectivity index (χ4n) is 4.20. The lowest BCUT2D eigenvalue weighted by molar-refractivity contribution is -0.142. The molecule has 0 radical (unpaired) electrons. The highest BCUT2D eigenvalue weighted by molar-refractivity contribution is 7.92. The maximum absolute atomic E-state index is 13.5. The van der Waals surface area contributed by atoms with Gasteiger partial charge in [-0.05, 0) is 51.3 Å². The Hall–Kier alpha value is -3.27. The molecule has 1 aliphatic heterocycles. The van der Waals surface area contributed by atoms with E-state index in [1.807, 2.05) is 58.0 Å². The van der Waals surface area contributed by atoms with Gasteiger partial charge in [0.15, 0.2) is 11.5 Å². The largest absolute Gasteiger partial charge is 0.454 e. The van der Waals surface area contributed by atoms with Crippen molar-refractivity contribution in [3.63, 3.8) is 0 Å². The number of sulfonamides is 1. The lowest BCUT2D eigenvalue weighted by Crippen LogP contribution is -2.53.